The first-order valence-corrected chi connectivity index (χ1v) is 7.66. The Labute approximate surface area is 136 Å². The van der Waals surface area contributed by atoms with E-state index < -0.39 is 0 Å². The van der Waals surface area contributed by atoms with E-state index in [-0.39, 0.29) is 5.91 Å². The van der Waals surface area contributed by atoms with Crippen LogP contribution >= 0.6 is 0 Å². The number of carbonyl (C=O) groups is 1. The highest BCUT2D eigenvalue weighted by atomic mass is 16.5. The van der Waals surface area contributed by atoms with Crippen LogP contribution in [0.5, 0.6) is 5.75 Å². The number of unbranched alkanes of at least 4 members (excludes halogenated alkanes) is 1. The molecular formula is C17H22N4O2. The summed E-state index contributed by atoms with van der Waals surface area (Å²) in [5.74, 6) is 1.06. The second-order valence-corrected chi connectivity index (χ2v) is 5.23. The lowest BCUT2D eigenvalue weighted by Gasteiger charge is -2.12. The molecule has 122 valence electrons. The van der Waals surface area contributed by atoms with Gasteiger partial charge in [-0.05, 0) is 31.0 Å². The average molecular weight is 314 g/mol. The van der Waals surface area contributed by atoms with Crippen molar-refractivity contribution in [3.63, 3.8) is 0 Å². The molecule has 23 heavy (non-hydrogen) atoms. The minimum atomic E-state index is -0.194. The van der Waals surface area contributed by atoms with Crippen LogP contribution in [0.4, 0.5) is 11.5 Å². The third-order valence-corrected chi connectivity index (χ3v) is 3.33. The van der Waals surface area contributed by atoms with E-state index >= 15 is 0 Å². The maximum absolute atomic E-state index is 12.0. The molecule has 1 aromatic heterocycles. The number of rotatable bonds is 7. The van der Waals surface area contributed by atoms with E-state index in [0.29, 0.717) is 23.8 Å². The molecule has 0 atom stereocenters. The van der Waals surface area contributed by atoms with E-state index in [1.54, 1.807) is 13.2 Å². The second-order valence-electron chi connectivity index (χ2n) is 5.23. The molecule has 0 spiro atoms. The van der Waals surface area contributed by atoms with Gasteiger partial charge in [0.15, 0.2) is 0 Å². The normalized spacial score (nSPS) is 10.2. The van der Waals surface area contributed by atoms with Crippen molar-refractivity contribution in [1.29, 1.82) is 0 Å². The van der Waals surface area contributed by atoms with Crippen molar-refractivity contribution in [2.45, 2.75) is 26.7 Å². The molecule has 0 saturated carbocycles. The summed E-state index contributed by atoms with van der Waals surface area (Å²) in [5.41, 5.74) is 2.23. The summed E-state index contributed by atoms with van der Waals surface area (Å²) < 4.78 is 5.33. The first-order chi connectivity index (χ1) is 11.1. The van der Waals surface area contributed by atoms with Crippen molar-refractivity contribution < 1.29 is 9.53 Å². The van der Waals surface area contributed by atoms with E-state index in [4.69, 9.17) is 4.74 Å². The van der Waals surface area contributed by atoms with Crippen LogP contribution in [-0.4, -0.2) is 29.5 Å². The zero-order valence-electron chi connectivity index (χ0n) is 13.7. The number of aryl methyl sites for hydroxylation is 1. The minimum Gasteiger partial charge on any atom is -0.495 e. The zero-order chi connectivity index (χ0) is 16.7. The molecule has 2 aromatic rings. The van der Waals surface area contributed by atoms with Gasteiger partial charge in [-0.2, -0.15) is 0 Å². The van der Waals surface area contributed by atoms with E-state index in [2.05, 4.69) is 27.5 Å². The van der Waals surface area contributed by atoms with Gasteiger partial charge >= 0.3 is 0 Å². The van der Waals surface area contributed by atoms with Gasteiger partial charge in [-0.3, -0.25) is 4.79 Å². The number of aromatic nitrogens is 2. The molecule has 2 N–H and O–H groups in total. The van der Waals surface area contributed by atoms with Crippen molar-refractivity contribution in [2.24, 2.45) is 0 Å². The molecule has 6 nitrogen and oxygen atoms in total. The first-order valence-electron chi connectivity index (χ1n) is 7.66. The molecule has 0 unspecified atom stereocenters. The molecule has 0 aliphatic heterocycles. The van der Waals surface area contributed by atoms with E-state index in [1.165, 1.54) is 6.33 Å². The van der Waals surface area contributed by atoms with Crippen LogP contribution in [0.15, 0.2) is 30.6 Å². The van der Waals surface area contributed by atoms with Gasteiger partial charge in [0.05, 0.1) is 12.8 Å². The Morgan fingerprint density at radius 1 is 1.26 bits per heavy atom. The van der Waals surface area contributed by atoms with E-state index in [1.807, 2.05) is 25.1 Å². The number of nitrogens with one attached hydrogen (secondary N) is 2. The number of anilines is 2. The topological polar surface area (TPSA) is 76.1 Å². The van der Waals surface area contributed by atoms with Gasteiger partial charge in [0.2, 0.25) is 0 Å². The number of methoxy groups -OCH3 is 1. The number of ether oxygens (including phenoxy) is 1. The first kappa shape index (κ1) is 16.7. The number of hydrogen-bond acceptors (Lipinski definition) is 5. The van der Waals surface area contributed by atoms with Crippen molar-refractivity contribution in [3.8, 4) is 5.75 Å². The number of benzene rings is 1. The minimum absolute atomic E-state index is 0.194. The summed E-state index contributed by atoms with van der Waals surface area (Å²) in [7, 11) is 1.61. The van der Waals surface area contributed by atoms with Crippen molar-refractivity contribution in [1.82, 2.24) is 15.3 Å². The van der Waals surface area contributed by atoms with Crippen molar-refractivity contribution in [3.05, 3.63) is 41.9 Å². The molecular weight excluding hydrogens is 292 g/mol. The average Bonchev–Trinajstić information content (AvgIpc) is 2.55. The van der Waals surface area contributed by atoms with Crippen molar-refractivity contribution in [2.75, 3.05) is 19.0 Å². The summed E-state index contributed by atoms with van der Waals surface area (Å²) in [5, 5.41) is 6.01. The third-order valence-electron chi connectivity index (χ3n) is 3.33. The lowest BCUT2D eigenvalue weighted by Crippen LogP contribution is -2.25. The Bertz CT molecular complexity index is 673. The smallest absolute Gasteiger partial charge is 0.270 e. The summed E-state index contributed by atoms with van der Waals surface area (Å²) in [6.07, 6.45) is 3.35. The quantitative estimate of drug-likeness (QED) is 0.768. The number of carbonyl (C=O) groups excluding carboxylic acids is 1. The Morgan fingerprint density at radius 2 is 2.09 bits per heavy atom. The fourth-order valence-corrected chi connectivity index (χ4v) is 2.08. The molecule has 1 heterocycles. The Kier molecular flexibility index (Phi) is 5.91. The molecule has 0 radical (unpaired) electrons. The third kappa shape index (κ3) is 4.67. The highest BCUT2D eigenvalue weighted by molar-refractivity contribution is 5.93. The number of nitrogens with zero attached hydrogens (tertiary/aromatic N) is 2. The number of hydrogen-bond donors (Lipinski definition) is 2. The van der Waals surface area contributed by atoms with Crippen LogP contribution < -0.4 is 15.4 Å². The largest absolute Gasteiger partial charge is 0.495 e. The molecule has 0 saturated heterocycles. The van der Waals surface area contributed by atoms with E-state index in [0.717, 1.165) is 24.1 Å². The monoisotopic (exact) mass is 314 g/mol. The van der Waals surface area contributed by atoms with Crippen molar-refractivity contribution >= 4 is 17.4 Å². The molecule has 0 aliphatic carbocycles. The molecule has 6 heteroatoms. The summed E-state index contributed by atoms with van der Waals surface area (Å²) >= 11 is 0. The molecule has 0 aliphatic rings. The number of amides is 1. The lowest BCUT2D eigenvalue weighted by molar-refractivity contribution is 0.0948. The van der Waals surface area contributed by atoms with Gasteiger partial charge in [0.1, 0.15) is 23.6 Å². The molecule has 0 fully saturated rings. The van der Waals surface area contributed by atoms with Gasteiger partial charge in [0.25, 0.3) is 5.91 Å². The van der Waals surface area contributed by atoms with Crippen LogP contribution in [0.2, 0.25) is 0 Å². The van der Waals surface area contributed by atoms with Crippen LogP contribution in [0.25, 0.3) is 0 Å². The highest BCUT2D eigenvalue weighted by Crippen LogP contribution is 2.27. The maximum Gasteiger partial charge on any atom is 0.270 e. The Morgan fingerprint density at radius 3 is 2.83 bits per heavy atom. The maximum atomic E-state index is 12.0. The van der Waals surface area contributed by atoms with Crippen LogP contribution in [0, 0.1) is 6.92 Å². The highest BCUT2D eigenvalue weighted by Gasteiger charge is 2.10. The summed E-state index contributed by atoms with van der Waals surface area (Å²) in [6.45, 7) is 4.72. The van der Waals surface area contributed by atoms with E-state index in [9.17, 15) is 4.79 Å². The molecule has 2 rings (SSSR count). The summed E-state index contributed by atoms with van der Waals surface area (Å²) in [4.78, 5) is 20.2. The second kappa shape index (κ2) is 8.12. The van der Waals surface area contributed by atoms with Gasteiger partial charge in [-0.1, -0.05) is 19.4 Å². The van der Waals surface area contributed by atoms with Gasteiger partial charge in [-0.15, -0.1) is 0 Å². The van der Waals surface area contributed by atoms with Gasteiger partial charge in [0, 0.05) is 12.6 Å². The van der Waals surface area contributed by atoms with Gasteiger partial charge < -0.3 is 15.4 Å². The predicted molar refractivity (Wildman–Crippen MR) is 90.3 cm³/mol. The Balaban J connectivity index is 2.14. The SMILES string of the molecule is CCCCNC(=O)c1cc(Nc2cc(C)ccc2OC)ncn1. The summed E-state index contributed by atoms with van der Waals surface area (Å²) in [6, 6.07) is 7.44. The Hall–Kier alpha value is -2.63. The fourth-order valence-electron chi connectivity index (χ4n) is 2.08. The predicted octanol–water partition coefficient (Wildman–Crippen LogP) is 3.07. The fraction of sp³-hybridized carbons (Fsp3) is 0.353. The van der Waals surface area contributed by atoms with Crippen LogP contribution in [-0.2, 0) is 0 Å². The van der Waals surface area contributed by atoms with Crippen LogP contribution in [0.1, 0.15) is 35.8 Å². The standard InChI is InChI=1S/C17H22N4O2/c1-4-5-8-18-17(22)14-10-16(20-11-19-14)21-13-9-12(2)6-7-15(13)23-3/h6-7,9-11H,4-5,8H2,1-3H3,(H,18,22)(H,19,20,21). The molecule has 0 bridgehead atoms. The molecule has 1 aromatic carbocycles. The molecule has 1 amide bonds. The van der Waals surface area contributed by atoms with Gasteiger partial charge in [-0.25, -0.2) is 9.97 Å². The lowest BCUT2D eigenvalue weighted by atomic mass is 10.2. The zero-order valence-corrected chi connectivity index (χ0v) is 13.7. The van der Waals surface area contributed by atoms with Crippen LogP contribution in [0.3, 0.4) is 0 Å².